The van der Waals surface area contributed by atoms with Crippen molar-refractivity contribution in [1.82, 2.24) is 30.0 Å². The molecule has 16 nitrogen and oxygen atoms in total. The van der Waals surface area contributed by atoms with Gasteiger partial charge in [-0.3, -0.25) is 34.3 Å². The van der Waals surface area contributed by atoms with Crippen molar-refractivity contribution in [3.05, 3.63) is 87.8 Å². The smallest absolute Gasteiger partial charge is 0.262 e. The van der Waals surface area contributed by atoms with E-state index in [-0.39, 0.29) is 57.4 Å². The molecule has 4 aliphatic rings. The molecule has 3 aromatic carbocycles. The molecule has 4 aromatic rings. The molecule has 0 aliphatic carbocycles. The van der Waals surface area contributed by atoms with Gasteiger partial charge in [0.15, 0.2) is 15.7 Å². The van der Waals surface area contributed by atoms with Gasteiger partial charge in [0.1, 0.15) is 22.6 Å². The van der Waals surface area contributed by atoms with Crippen LogP contribution >= 0.6 is 11.6 Å². The third-order valence-electron chi connectivity index (χ3n) is 13.0. The number of para-hydroxylation sites is 1. The minimum Gasteiger partial charge on any atom is -0.489 e. The van der Waals surface area contributed by atoms with E-state index >= 15 is 4.39 Å². The maximum atomic E-state index is 15.5. The van der Waals surface area contributed by atoms with Gasteiger partial charge in [0.2, 0.25) is 17.8 Å². The molecule has 3 saturated heterocycles. The molecule has 4 aliphatic heterocycles. The second-order valence-corrected chi connectivity index (χ2v) is 21.1. The van der Waals surface area contributed by atoms with E-state index < -0.39 is 50.6 Å². The number of amides is 4. The Labute approximate surface area is 395 Å². The fraction of sp³-hybridized carbons (Fsp3) is 0.458. The van der Waals surface area contributed by atoms with Gasteiger partial charge in [0, 0.05) is 32.6 Å². The number of fused-ring (bicyclic) bond motifs is 1. The summed E-state index contributed by atoms with van der Waals surface area (Å²) in [6, 6.07) is 12.3. The zero-order chi connectivity index (χ0) is 47.7. The van der Waals surface area contributed by atoms with Crippen LogP contribution in [0.5, 0.6) is 5.75 Å². The fourth-order valence-electron chi connectivity index (χ4n) is 9.35. The molecule has 8 rings (SSSR count). The van der Waals surface area contributed by atoms with Gasteiger partial charge < -0.3 is 25.2 Å². The summed E-state index contributed by atoms with van der Waals surface area (Å²) < 4.78 is 48.0. The van der Waals surface area contributed by atoms with Crippen molar-refractivity contribution in [3.63, 3.8) is 0 Å². The first-order chi connectivity index (χ1) is 32.0. The molecule has 1 atom stereocenters. The Bertz CT molecular complexity index is 2690. The Hall–Kier alpha value is -5.69. The predicted molar refractivity (Wildman–Crippen MR) is 254 cm³/mol. The molecule has 1 aromatic heterocycles. The molecule has 3 fully saturated rings. The Kier molecular flexibility index (Phi) is 14.2. The van der Waals surface area contributed by atoms with Crippen LogP contribution in [-0.2, 0) is 19.4 Å². The molecule has 5 heterocycles. The van der Waals surface area contributed by atoms with Crippen LogP contribution in [0, 0.1) is 12.7 Å². The molecule has 0 saturated carbocycles. The van der Waals surface area contributed by atoms with Crippen molar-refractivity contribution in [1.29, 1.82) is 0 Å². The van der Waals surface area contributed by atoms with Gasteiger partial charge in [0.25, 0.3) is 11.8 Å². The lowest BCUT2D eigenvalue weighted by Crippen LogP contribution is -2.54. The van der Waals surface area contributed by atoms with E-state index in [1.165, 1.54) is 17.8 Å². The number of halogens is 2. The van der Waals surface area contributed by atoms with Gasteiger partial charge in [-0.15, -0.1) is 0 Å². The highest BCUT2D eigenvalue weighted by Gasteiger charge is 2.45. The highest BCUT2D eigenvalue weighted by atomic mass is 35.5. The third-order valence-corrected chi connectivity index (χ3v) is 15.5. The number of benzene rings is 3. The molecule has 0 spiro atoms. The van der Waals surface area contributed by atoms with Crippen molar-refractivity contribution in [3.8, 4) is 5.75 Å². The normalized spacial score (nSPS) is 18.8. The number of ether oxygens (including phenoxy) is 1. The lowest BCUT2D eigenvalue weighted by atomic mass is 9.86. The van der Waals surface area contributed by atoms with Gasteiger partial charge in [-0.1, -0.05) is 23.7 Å². The first-order valence-corrected chi connectivity index (χ1v) is 24.9. The highest BCUT2D eigenvalue weighted by molar-refractivity contribution is 7.92. The molecular formula is C48H57ClFN9O7S. The Morgan fingerprint density at radius 1 is 0.866 bits per heavy atom. The molecular weight excluding hydrogens is 901 g/mol. The molecule has 19 heteroatoms. The molecule has 0 radical (unpaired) electrons. The van der Waals surface area contributed by atoms with E-state index in [9.17, 15) is 27.6 Å². The number of aryl methyl sites for hydroxylation is 1. The zero-order valence-electron chi connectivity index (χ0n) is 38.4. The van der Waals surface area contributed by atoms with Crippen LogP contribution in [0.2, 0.25) is 5.02 Å². The largest absolute Gasteiger partial charge is 0.489 e. The topological polar surface area (TPSA) is 186 Å². The van der Waals surface area contributed by atoms with Crippen LogP contribution < -0.4 is 25.6 Å². The number of hydrogen-bond acceptors (Lipinski definition) is 14. The second kappa shape index (κ2) is 19.9. The number of imide groups is 2. The van der Waals surface area contributed by atoms with Gasteiger partial charge in [-0.05, 0) is 140 Å². The van der Waals surface area contributed by atoms with Crippen molar-refractivity contribution >= 4 is 73.9 Å². The number of piperazine rings is 1. The van der Waals surface area contributed by atoms with Crippen LogP contribution in [0.25, 0.3) is 0 Å². The van der Waals surface area contributed by atoms with Crippen LogP contribution in [0.15, 0.2) is 59.6 Å². The maximum absolute atomic E-state index is 15.5. The van der Waals surface area contributed by atoms with Gasteiger partial charge in [-0.25, -0.2) is 17.8 Å². The van der Waals surface area contributed by atoms with Gasteiger partial charge >= 0.3 is 0 Å². The first kappa shape index (κ1) is 47.8. The van der Waals surface area contributed by atoms with E-state index in [0.29, 0.717) is 36.1 Å². The Morgan fingerprint density at radius 3 is 2.21 bits per heavy atom. The second-order valence-electron chi connectivity index (χ2n) is 18.2. The monoisotopic (exact) mass is 957 g/mol. The number of nitrogens with one attached hydrogen (secondary N) is 3. The number of sulfone groups is 1. The van der Waals surface area contributed by atoms with Crippen LogP contribution in [0.3, 0.4) is 0 Å². The number of anilines is 5. The van der Waals surface area contributed by atoms with Crippen molar-refractivity contribution < 1.29 is 36.7 Å². The van der Waals surface area contributed by atoms with Crippen LogP contribution in [-0.4, -0.2) is 126 Å². The van der Waals surface area contributed by atoms with Crippen LogP contribution in [0.1, 0.15) is 97.6 Å². The summed E-state index contributed by atoms with van der Waals surface area (Å²) in [7, 11) is -3.59. The SMILES string of the molecule is Cc1cc(Nc2ncc(Cl)c(Nc3ccccc3S(=O)(=O)C(C)C)n2)c(OC(C)C)cc1C1CCN(CCCN2CCN(c3cc4c(cc3F)C(=O)N(C3CCC(=O)NC3=O)C4=O)CC2)CC1. The minimum atomic E-state index is -3.59. The number of hydrogen-bond donors (Lipinski definition) is 3. The van der Waals surface area contributed by atoms with E-state index in [1.807, 2.05) is 18.7 Å². The average molecular weight is 959 g/mol. The number of nitrogens with zero attached hydrogens (tertiary/aromatic N) is 6. The summed E-state index contributed by atoms with van der Waals surface area (Å²) in [5.41, 5.74) is 3.69. The number of aromatic nitrogens is 2. The van der Waals surface area contributed by atoms with Crippen molar-refractivity contribution in [2.24, 2.45) is 0 Å². The maximum Gasteiger partial charge on any atom is 0.262 e. The zero-order valence-corrected chi connectivity index (χ0v) is 40.0. The Morgan fingerprint density at radius 2 is 1.54 bits per heavy atom. The molecule has 67 heavy (non-hydrogen) atoms. The summed E-state index contributed by atoms with van der Waals surface area (Å²) in [6.07, 6.45) is 4.42. The lowest BCUT2D eigenvalue weighted by molar-refractivity contribution is -0.136. The Balaban J connectivity index is 0.835. The summed E-state index contributed by atoms with van der Waals surface area (Å²) in [6.45, 7) is 15.7. The van der Waals surface area contributed by atoms with Gasteiger partial charge in [-0.2, -0.15) is 4.98 Å². The summed E-state index contributed by atoms with van der Waals surface area (Å²) in [4.78, 5) is 67.5. The van der Waals surface area contributed by atoms with E-state index in [2.05, 4.69) is 54.8 Å². The number of rotatable bonds is 15. The fourth-order valence-corrected chi connectivity index (χ4v) is 10.7. The van der Waals surface area contributed by atoms with E-state index in [1.54, 1.807) is 38.1 Å². The number of carbonyl (C=O) groups excluding carboxylic acids is 4. The molecule has 1 unspecified atom stereocenters. The van der Waals surface area contributed by atoms with E-state index in [4.69, 9.17) is 16.3 Å². The lowest BCUT2D eigenvalue weighted by Gasteiger charge is -2.37. The summed E-state index contributed by atoms with van der Waals surface area (Å²) in [5.74, 6) is -1.57. The standard InChI is InChI=1S/C48H57ClFN9O7S/c1-28(2)66-41-26-32(30(5)23-38(41)53-48-51-27-35(49)44(55-48)52-37-9-6-7-10-42(37)67(64,65)29(3)4)31-13-17-56(18-14-31)15-8-16-57-19-21-58(22-20-57)40-25-34-33(24-36(40)50)46(62)59(47(34)63)39-11-12-43(60)54-45(39)61/h6-7,9-10,23-29,31,39H,8,11-22H2,1-5H3,(H,54,60,61)(H2,51,52,53,55). The molecule has 4 amide bonds. The summed E-state index contributed by atoms with van der Waals surface area (Å²) >= 11 is 6.52. The van der Waals surface area contributed by atoms with Crippen molar-refractivity contribution in [2.75, 3.05) is 67.9 Å². The number of carbonyl (C=O) groups is 4. The average Bonchev–Trinajstić information content (AvgIpc) is 3.52. The molecule has 0 bridgehead atoms. The predicted octanol–water partition coefficient (Wildman–Crippen LogP) is 6.83. The van der Waals surface area contributed by atoms with Crippen molar-refractivity contribution in [2.45, 2.75) is 94.9 Å². The molecule has 3 N–H and O–H groups in total. The van der Waals surface area contributed by atoms with Gasteiger partial charge in [0.05, 0.1) is 50.6 Å². The highest BCUT2D eigenvalue weighted by Crippen LogP contribution is 2.39. The van der Waals surface area contributed by atoms with E-state index in [0.717, 1.165) is 75.1 Å². The number of piperidine rings is 2. The van der Waals surface area contributed by atoms with Crippen LogP contribution in [0.4, 0.5) is 33.2 Å². The number of likely N-dealkylation sites (tertiary alicyclic amines) is 1. The molecule has 356 valence electrons. The third kappa shape index (κ3) is 10.3. The summed E-state index contributed by atoms with van der Waals surface area (Å²) in [5, 5.41) is 8.24. The minimum absolute atomic E-state index is 0.0128. The quantitative estimate of drug-likeness (QED) is 0.105. The first-order valence-electron chi connectivity index (χ1n) is 22.9.